The highest BCUT2D eigenvalue weighted by Gasteiger charge is 2.23. The molecule has 1 atom stereocenters. The number of benzene rings is 1. The molecule has 0 amide bonds. The van der Waals surface area contributed by atoms with Crippen LogP contribution in [0.3, 0.4) is 0 Å². The summed E-state index contributed by atoms with van der Waals surface area (Å²) in [5.74, 6) is 1.03. The summed E-state index contributed by atoms with van der Waals surface area (Å²) in [7, 11) is 0. The minimum atomic E-state index is 0.0826. The largest absolute Gasteiger partial charge is 0.493 e. The Labute approximate surface area is 112 Å². The van der Waals surface area contributed by atoms with Gasteiger partial charge in [0.05, 0.1) is 12.6 Å². The number of hydrogen-bond donors (Lipinski definition) is 1. The summed E-state index contributed by atoms with van der Waals surface area (Å²) in [6.45, 7) is 3.75. The van der Waals surface area contributed by atoms with Crippen LogP contribution in [0, 0.1) is 0 Å². The van der Waals surface area contributed by atoms with Gasteiger partial charge in [0, 0.05) is 29.9 Å². The van der Waals surface area contributed by atoms with E-state index in [9.17, 15) is 0 Å². The van der Waals surface area contributed by atoms with Crippen LogP contribution in [0.1, 0.15) is 29.7 Å². The number of rotatable bonds is 4. The van der Waals surface area contributed by atoms with Crippen molar-refractivity contribution in [2.45, 2.75) is 19.4 Å². The van der Waals surface area contributed by atoms with Gasteiger partial charge in [-0.25, -0.2) is 9.97 Å². The van der Waals surface area contributed by atoms with Crippen LogP contribution in [0.25, 0.3) is 0 Å². The number of fused-ring (bicyclic) bond motifs is 1. The molecule has 2 aromatic rings. The summed E-state index contributed by atoms with van der Waals surface area (Å²) in [6.07, 6.45) is 6.26. The summed E-state index contributed by atoms with van der Waals surface area (Å²) in [5, 5.41) is 3.48. The lowest BCUT2D eigenvalue weighted by Crippen LogP contribution is -2.22. The summed E-state index contributed by atoms with van der Waals surface area (Å²) in [5.41, 5.74) is 3.53. The molecule has 0 radical (unpaired) electrons. The average molecular weight is 255 g/mol. The van der Waals surface area contributed by atoms with Crippen LogP contribution in [0.5, 0.6) is 5.75 Å². The second-order valence-electron chi connectivity index (χ2n) is 4.60. The molecule has 4 heteroatoms. The minimum absolute atomic E-state index is 0.0826. The third kappa shape index (κ3) is 2.31. The molecule has 0 saturated carbocycles. The SMILES string of the molecule is CCNC(c1cncnc1)c1cccc2c1OCC2. The fourth-order valence-electron chi connectivity index (χ4n) is 2.54. The normalized spacial score (nSPS) is 14.8. The zero-order valence-electron chi connectivity index (χ0n) is 11.0. The molecule has 19 heavy (non-hydrogen) atoms. The lowest BCUT2D eigenvalue weighted by Gasteiger charge is -2.20. The first-order valence-corrected chi connectivity index (χ1v) is 6.63. The second-order valence-corrected chi connectivity index (χ2v) is 4.60. The molecule has 1 aliphatic heterocycles. The van der Waals surface area contributed by atoms with Crippen molar-refractivity contribution in [3.63, 3.8) is 0 Å². The number of hydrogen-bond acceptors (Lipinski definition) is 4. The molecule has 0 spiro atoms. The van der Waals surface area contributed by atoms with Crippen molar-refractivity contribution < 1.29 is 4.74 Å². The predicted octanol–water partition coefficient (Wildman–Crippen LogP) is 2.11. The third-order valence-corrected chi connectivity index (χ3v) is 3.38. The number of aromatic nitrogens is 2. The average Bonchev–Trinajstić information content (AvgIpc) is 2.94. The van der Waals surface area contributed by atoms with E-state index < -0.39 is 0 Å². The lowest BCUT2D eigenvalue weighted by atomic mass is 9.97. The number of nitrogens with zero attached hydrogens (tertiary/aromatic N) is 2. The predicted molar refractivity (Wildman–Crippen MR) is 73.2 cm³/mol. The maximum absolute atomic E-state index is 5.80. The van der Waals surface area contributed by atoms with Crippen molar-refractivity contribution >= 4 is 0 Å². The molecular formula is C15H17N3O. The summed E-state index contributed by atoms with van der Waals surface area (Å²) in [6, 6.07) is 6.43. The van der Waals surface area contributed by atoms with E-state index in [0.717, 1.165) is 30.9 Å². The van der Waals surface area contributed by atoms with Crippen LogP contribution < -0.4 is 10.1 Å². The number of ether oxygens (including phenoxy) is 1. The Kier molecular flexibility index (Phi) is 3.42. The number of nitrogens with one attached hydrogen (secondary N) is 1. The zero-order chi connectivity index (χ0) is 13.1. The highest BCUT2D eigenvalue weighted by molar-refractivity contribution is 5.48. The smallest absolute Gasteiger partial charge is 0.127 e. The molecule has 4 nitrogen and oxygen atoms in total. The Bertz CT molecular complexity index is 557. The van der Waals surface area contributed by atoms with Gasteiger partial charge in [-0.05, 0) is 12.1 Å². The Hall–Kier alpha value is -1.94. The fourth-order valence-corrected chi connectivity index (χ4v) is 2.54. The molecule has 0 aliphatic carbocycles. The van der Waals surface area contributed by atoms with Crippen LogP contribution in [-0.2, 0) is 6.42 Å². The van der Waals surface area contributed by atoms with Gasteiger partial charge >= 0.3 is 0 Å². The van der Waals surface area contributed by atoms with Crippen LogP contribution in [0.2, 0.25) is 0 Å². The van der Waals surface area contributed by atoms with Crippen molar-refractivity contribution in [1.82, 2.24) is 15.3 Å². The lowest BCUT2D eigenvalue weighted by molar-refractivity contribution is 0.350. The van der Waals surface area contributed by atoms with Gasteiger partial charge in [-0.15, -0.1) is 0 Å². The van der Waals surface area contributed by atoms with Crippen molar-refractivity contribution in [3.8, 4) is 5.75 Å². The van der Waals surface area contributed by atoms with E-state index in [1.54, 1.807) is 6.33 Å². The van der Waals surface area contributed by atoms with E-state index in [0.29, 0.717) is 0 Å². The molecule has 1 N–H and O–H groups in total. The molecule has 1 aliphatic rings. The summed E-state index contributed by atoms with van der Waals surface area (Å²) < 4.78 is 5.80. The van der Waals surface area contributed by atoms with Crippen LogP contribution in [0.4, 0.5) is 0 Å². The van der Waals surface area contributed by atoms with Crippen molar-refractivity contribution in [2.24, 2.45) is 0 Å². The highest BCUT2D eigenvalue weighted by atomic mass is 16.5. The van der Waals surface area contributed by atoms with Crippen LogP contribution in [-0.4, -0.2) is 23.1 Å². The first kappa shape index (κ1) is 12.1. The third-order valence-electron chi connectivity index (χ3n) is 3.38. The first-order valence-electron chi connectivity index (χ1n) is 6.63. The highest BCUT2D eigenvalue weighted by Crippen LogP contribution is 2.35. The van der Waals surface area contributed by atoms with Gasteiger partial charge in [-0.1, -0.05) is 25.1 Å². The van der Waals surface area contributed by atoms with Gasteiger partial charge in [0.1, 0.15) is 12.1 Å². The molecule has 1 unspecified atom stereocenters. The van der Waals surface area contributed by atoms with Crippen LogP contribution in [0.15, 0.2) is 36.9 Å². The molecule has 0 fully saturated rings. The van der Waals surface area contributed by atoms with Gasteiger partial charge in [0.25, 0.3) is 0 Å². The first-order chi connectivity index (χ1) is 9.40. The van der Waals surface area contributed by atoms with E-state index in [4.69, 9.17) is 4.74 Å². The van der Waals surface area contributed by atoms with E-state index in [1.165, 1.54) is 11.1 Å². The Morgan fingerprint density at radius 1 is 1.32 bits per heavy atom. The van der Waals surface area contributed by atoms with Gasteiger partial charge in [-0.3, -0.25) is 0 Å². The van der Waals surface area contributed by atoms with Crippen LogP contribution >= 0.6 is 0 Å². The second kappa shape index (κ2) is 5.36. The molecule has 1 aromatic carbocycles. The van der Waals surface area contributed by atoms with Gasteiger partial charge < -0.3 is 10.1 Å². The monoisotopic (exact) mass is 255 g/mol. The molecule has 1 aromatic heterocycles. The maximum atomic E-state index is 5.80. The molecule has 98 valence electrons. The Balaban J connectivity index is 2.04. The topological polar surface area (TPSA) is 47.0 Å². The molecule has 0 saturated heterocycles. The molecular weight excluding hydrogens is 238 g/mol. The van der Waals surface area contributed by atoms with E-state index in [-0.39, 0.29) is 6.04 Å². The standard InChI is InChI=1S/C15H17N3O/c1-2-18-14(12-8-16-10-17-9-12)13-5-3-4-11-6-7-19-15(11)13/h3-5,8-10,14,18H,2,6-7H2,1H3. The molecule has 0 bridgehead atoms. The fraction of sp³-hybridized carbons (Fsp3) is 0.333. The quantitative estimate of drug-likeness (QED) is 0.909. The van der Waals surface area contributed by atoms with Crippen molar-refractivity contribution in [2.75, 3.05) is 13.2 Å². The maximum Gasteiger partial charge on any atom is 0.127 e. The van der Waals surface area contributed by atoms with E-state index >= 15 is 0 Å². The van der Waals surface area contributed by atoms with Crippen molar-refractivity contribution in [1.29, 1.82) is 0 Å². The Morgan fingerprint density at radius 2 is 2.16 bits per heavy atom. The van der Waals surface area contributed by atoms with Gasteiger partial charge in [-0.2, -0.15) is 0 Å². The van der Waals surface area contributed by atoms with Gasteiger partial charge in [0.2, 0.25) is 0 Å². The molecule has 3 rings (SSSR count). The zero-order valence-corrected chi connectivity index (χ0v) is 11.0. The number of para-hydroxylation sites is 1. The molecule has 2 heterocycles. The van der Waals surface area contributed by atoms with Crippen molar-refractivity contribution in [3.05, 3.63) is 53.6 Å². The van der Waals surface area contributed by atoms with E-state index in [2.05, 4.69) is 40.4 Å². The Morgan fingerprint density at radius 3 is 2.95 bits per heavy atom. The summed E-state index contributed by atoms with van der Waals surface area (Å²) in [4.78, 5) is 8.23. The summed E-state index contributed by atoms with van der Waals surface area (Å²) >= 11 is 0. The minimum Gasteiger partial charge on any atom is -0.493 e. The van der Waals surface area contributed by atoms with Gasteiger partial charge in [0.15, 0.2) is 0 Å². The van der Waals surface area contributed by atoms with E-state index in [1.807, 2.05) is 12.4 Å².